The van der Waals surface area contributed by atoms with Gasteiger partial charge in [-0.15, -0.1) is 0 Å². The zero-order valence-corrected chi connectivity index (χ0v) is 51.4. The molecule has 0 rings (SSSR count). The molecule has 78 heavy (non-hydrogen) atoms. The molecular weight excluding hydrogens is 1040 g/mol. The Morgan fingerprint density at radius 2 is 0.513 bits per heavy atom. The number of hydrogen-bond acceptors (Lipinski definition) is 15. The summed E-state index contributed by atoms with van der Waals surface area (Å²) < 4.78 is 67.4. The van der Waals surface area contributed by atoms with Gasteiger partial charge in [0.25, 0.3) is 0 Å². The van der Waals surface area contributed by atoms with Crippen molar-refractivity contribution in [1.29, 1.82) is 0 Å². The first-order valence-electron chi connectivity index (χ1n) is 31.3. The van der Waals surface area contributed by atoms with Gasteiger partial charge >= 0.3 is 39.5 Å². The van der Waals surface area contributed by atoms with Gasteiger partial charge in [-0.1, -0.05) is 246 Å². The van der Waals surface area contributed by atoms with Crippen LogP contribution in [0.15, 0.2) is 0 Å². The number of aliphatic hydroxyl groups excluding tert-OH is 1. The average Bonchev–Trinajstić information content (AvgIpc) is 3.41. The van der Waals surface area contributed by atoms with Crippen LogP contribution in [0.3, 0.4) is 0 Å². The summed E-state index contributed by atoms with van der Waals surface area (Å²) >= 11 is 0. The first kappa shape index (κ1) is 76.1. The fourth-order valence-electron chi connectivity index (χ4n) is 8.75. The lowest BCUT2D eigenvalue weighted by atomic mass is 10.0. The predicted octanol–water partition coefficient (Wildman–Crippen LogP) is 16.0. The highest BCUT2D eigenvalue weighted by Crippen LogP contribution is 2.45. The standard InChI is InChI=1S/C59H114O17P2/c1-5-9-13-17-20-22-24-26-27-29-31-33-35-38-42-46-59(64)76-55(50-70-57(62)44-40-37-34-32-30-28-25-23-21-18-14-10-6-2)52-74-78(67,68)72-48-53(60)47-71-77(65,66)73-51-54(49-69-56(61)43-39-16-12-8-4)75-58(63)45-41-36-19-15-11-7-3/h53-55,60H,5-52H2,1-4H3,(H,65,66)(H,67,68)/t53-,54+,55+/m0/s1. The van der Waals surface area contributed by atoms with Crippen LogP contribution >= 0.6 is 15.6 Å². The number of phosphoric ester groups is 2. The minimum Gasteiger partial charge on any atom is -0.462 e. The monoisotopic (exact) mass is 1160 g/mol. The summed E-state index contributed by atoms with van der Waals surface area (Å²) in [5.74, 6) is -2.16. The second-order valence-electron chi connectivity index (χ2n) is 21.4. The second-order valence-corrected chi connectivity index (χ2v) is 24.3. The third-order valence-corrected chi connectivity index (χ3v) is 15.5. The van der Waals surface area contributed by atoms with Crippen LogP contribution in [-0.4, -0.2) is 96.7 Å². The van der Waals surface area contributed by atoms with E-state index < -0.39 is 97.5 Å². The topological polar surface area (TPSA) is 237 Å². The first-order chi connectivity index (χ1) is 37.7. The van der Waals surface area contributed by atoms with Crippen molar-refractivity contribution in [1.82, 2.24) is 0 Å². The zero-order chi connectivity index (χ0) is 57.6. The van der Waals surface area contributed by atoms with Crippen molar-refractivity contribution in [3.05, 3.63) is 0 Å². The van der Waals surface area contributed by atoms with E-state index in [1.807, 2.05) is 6.92 Å². The Hall–Kier alpha value is -1.94. The molecule has 19 heteroatoms. The molecule has 462 valence electrons. The minimum absolute atomic E-state index is 0.101. The third kappa shape index (κ3) is 53.4. The summed E-state index contributed by atoms with van der Waals surface area (Å²) in [6.45, 7) is 4.67. The largest absolute Gasteiger partial charge is 0.472 e. The average molecular weight is 1160 g/mol. The van der Waals surface area contributed by atoms with Crippen molar-refractivity contribution in [2.75, 3.05) is 39.6 Å². The van der Waals surface area contributed by atoms with E-state index >= 15 is 0 Å². The molecular formula is C59H114O17P2. The Morgan fingerprint density at radius 1 is 0.308 bits per heavy atom. The maximum absolute atomic E-state index is 12.9. The summed E-state index contributed by atoms with van der Waals surface area (Å²) in [6.07, 6.45) is 38.3. The van der Waals surface area contributed by atoms with Crippen LogP contribution in [0.5, 0.6) is 0 Å². The van der Waals surface area contributed by atoms with Crippen LogP contribution in [0.1, 0.15) is 297 Å². The van der Waals surface area contributed by atoms with Gasteiger partial charge in [0.15, 0.2) is 12.2 Å². The highest BCUT2D eigenvalue weighted by molar-refractivity contribution is 7.47. The van der Waals surface area contributed by atoms with Gasteiger partial charge in [0, 0.05) is 25.7 Å². The van der Waals surface area contributed by atoms with Crippen LogP contribution in [-0.2, 0) is 65.4 Å². The summed E-state index contributed by atoms with van der Waals surface area (Å²) in [5, 5.41) is 10.5. The Balaban J connectivity index is 5.12. The third-order valence-electron chi connectivity index (χ3n) is 13.6. The molecule has 5 atom stereocenters. The van der Waals surface area contributed by atoms with E-state index in [4.69, 9.17) is 37.0 Å². The number of phosphoric acid groups is 2. The fraction of sp³-hybridized carbons (Fsp3) is 0.932. The van der Waals surface area contributed by atoms with Crippen molar-refractivity contribution in [3.63, 3.8) is 0 Å². The predicted molar refractivity (Wildman–Crippen MR) is 308 cm³/mol. The van der Waals surface area contributed by atoms with Gasteiger partial charge in [0.2, 0.25) is 0 Å². The molecule has 0 heterocycles. The first-order valence-corrected chi connectivity index (χ1v) is 34.3. The number of carbonyl (C=O) groups excluding carboxylic acids is 4. The molecule has 0 saturated carbocycles. The lowest BCUT2D eigenvalue weighted by molar-refractivity contribution is -0.161. The van der Waals surface area contributed by atoms with Gasteiger partial charge in [-0.25, -0.2) is 9.13 Å². The maximum Gasteiger partial charge on any atom is 0.472 e. The van der Waals surface area contributed by atoms with Crippen molar-refractivity contribution in [2.45, 2.75) is 316 Å². The highest BCUT2D eigenvalue weighted by Gasteiger charge is 2.30. The fourth-order valence-corrected chi connectivity index (χ4v) is 10.3. The summed E-state index contributed by atoms with van der Waals surface area (Å²) in [6, 6.07) is 0. The molecule has 0 fully saturated rings. The van der Waals surface area contributed by atoms with Crippen molar-refractivity contribution in [3.8, 4) is 0 Å². The molecule has 0 aliphatic rings. The molecule has 2 unspecified atom stereocenters. The SMILES string of the molecule is CCCCCCCCCCCCCCCCCC(=O)O[C@H](COC(=O)CCCCCCCCCCCCCCC)COP(=O)(O)OC[C@@H](O)COP(=O)(O)OC[C@@H](COC(=O)CCCCCC)OC(=O)CCCCCCCC. The smallest absolute Gasteiger partial charge is 0.462 e. The minimum atomic E-state index is -4.94. The number of hydrogen-bond donors (Lipinski definition) is 3. The van der Waals surface area contributed by atoms with Crippen molar-refractivity contribution in [2.24, 2.45) is 0 Å². The molecule has 3 N–H and O–H groups in total. The molecule has 0 saturated heterocycles. The number of carbonyl (C=O) groups is 4. The van der Waals surface area contributed by atoms with E-state index in [0.717, 1.165) is 96.3 Å². The summed E-state index contributed by atoms with van der Waals surface area (Å²) in [5.41, 5.74) is 0. The van der Waals surface area contributed by atoms with Gasteiger partial charge in [0.05, 0.1) is 26.4 Å². The van der Waals surface area contributed by atoms with Crippen LogP contribution in [0.4, 0.5) is 0 Å². The Labute approximate surface area is 473 Å². The van der Waals surface area contributed by atoms with Gasteiger partial charge in [-0.3, -0.25) is 37.3 Å². The summed E-state index contributed by atoms with van der Waals surface area (Å²) in [7, 11) is -9.86. The Kier molecular flexibility index (Phi) is 53.0. The van der Waals surface area contributed by atoms with Gasteiger partial charge in [-0.2, -0.15) is 0 Å². The Bertz CT molecular complexity index is 1520. The van der Waals surface area contributed by atoms with Crippen LogP contribution < -0.4 is 0 Å². The molecule has 0 radical (unpaired) electrons. The molecule has 0 aromatic heterocycles. The molecule has 0 aromatic rings. The quantitative estimate of drug-likeness (QED) is 0.0222. The zero-order valence-electron chi connectivity index (χ0n) is 49.6. The molecule has 0 spiro atoms. The van der Waals surface area contributed by atoms with Crippen molar-refractivity contribution < 1.29 is 80.2 Å². The van der Waals surface area contributed by atoms with E-state index in [-0.39, 0.29) is 25.7 Å². The summed E-state index contributed by atoms with van der Waals surface area (Å²) in [4.78, 5) is 71.5. The van der Waals surface area contributed by atoms with E-state index in [9.17, 15) is 43.2 Å². The highest BCUT2D eigenvalue weighted by atomic mass is 31.2. The van der Waals surface area contributed by atoms with Gasteiger partial charge in [0.1, 0.15) is 19.3 Å². The molecule has 0 aliphatic heterocycles. The van der Waals surface area contributed by atoms with E-state index in [1.54, 1.807) is 0 Å². The molecule has 0 aliphatic carbocycles. The number of esters is 4. The van der Waals surface area contributed by atoms with Crippen LogP contribution in [0, 0.1) is 0 Å². The van der Waals surface area contributed by atoms with E-state index in [2.05, 4.69) is 20.8 Å². The maximum atomic E-state index is 12.9. The van der Waals surface area contributed by atoms with E-state index in [1.165, 1.54) is 122 Å². The lowest BCUT2D eigenvalue weighted by Crippen LogP contribution is -2.30. The van der Waals surface area contributed by atoms with Crippen molar-refractivity contribution >= 4 is 39.5 Å². The second kappa shape index (κ2) is 54.3. The molecule has 0 bridgehead atoms. The van der Waals surface area contributed by atoms with Crippen LogP contribution in [0.25, 0.3) is 0 Å². The molecule has 0 aromatic carbocycles. The number of unbranched alkanes of at least 4 members (excludes halogenated alkanes) is 34. The lowest BCUT2D eigenvalue weighted by Gasteiger charge is -2.21. The normalized spacial score (nSPS) is 14.3. The van der Waals surface area contributed by atoms with Gasteiger partial charge < -0.3 is 33.8 Å². The number of rotatable bonds is 60. The molecule has 17 nitrogen and oxygen atoms in total. The molecule has 0 amide bonds. The van der Waals surface area contributed by atoms with E-state index in [0.29, 0.717) is 25.7 Å². The Morgan fingerprint density at radius 3 is 0.769 bits per heavy atom. The number of aliphatic hydroxyl groups is 1. The van der Waals surface area contributed by atoms with Gasteiger partial charge in [-0.05, 0) is 25.7 Å². The van der Waals surface area contributed by atoms with Crippen LogP contribution in [0.2, 0.25) is 0 Å². The number of ether oxygens (including phenoxy) is 4.